The predicted octanol–water partition coefficient (Wildman–Crippen LogP) is 1.94. The predicted molar refractivity (Wildman–Crippen MR) is 71.0 cm³/mol. The molecule has 114 valence electrons. The van der Waals surface area contributed by atoms with Crippen LogP contribution in [0.4, 0.5) is 4.79 Å². The van der Waals surface area contributed by atoms with Gasteiger partial charge in [-0.05, 0) is 19.1 Å². The Morgan fingerprint density at radius 3 is 2.48 bits per heavy atom. The Morgan fingerprint density at radius 1 is 1.10 bits per heavy atom. The lowest BCUT2D eigenvalue weighted by molar-refractivity contribution is -0.143. The third kappa shape index (κ3) is 5.52. The lowest BCUT2D eigenvalue weighted by Gasteiger charge is -2.08. The molecule has 0 aliphatic rings. The standard InChI is InChI=1S/C14H16O7/c1-3-19-12(15)8-9-20-14(17)21-11-7-5-4-6-10(11)13(16)18-2/h4-7H,3,8-9H2,1-2H3. The molecule has 1 aromatic carbocycles. The van der Waals surface area contributed by atoms with Gasteiger partial charge >= 0.3 is 18.1 Å². The molecule has 7 heteroatoms. The van der Waals surface area contributed by atoms with Gasteiger partial charge in [-0.15, -0.1) is 0 Å². The summed E-state index contributed by atoms with van der Waals surface area (Å²) >= 11 is 0. The maximum atomic E-state index is 11.5. The van der Waals surface area contributed by atoms with Crippen molar-refractivity contribution in [2.24, 2.45) is 0 Å². The summed E-state index contributed by atoms with van der Waals surface area (Å²) in [7, 11) is 1.22. The van der Waals surface area contributed by atoms with Gasteiger partial charge in [0.05, 0.1) is 20.1 Å². The molecular formula is C14H16O7. The summed E-state index contributed by atoms with van der Waals surface area (Å²) in [4.78, 5) is 34.0. The van der Waals surface area contributed by atoms with E-state index in [9.17, 15) is 14.4 Å². The van der Waals surface area contributed by atoms with Gasteiger partial charge in [-0.3, -0.25) is 4.79 Å². The number of benzene rings is 1. The second kappa shape index (κ2) is 8.57. The third-order valence-corrected chi connectivity index (χ3v) is 2.32. The van der Waals surface area contributed by atoms with Gasteiger partial charge in [-0.2, -0.15) is 0 Å². The fraction of sp³-hybridized carbons (Fsp3) is 0.357. The molecule has 0 bridgehead atoms. The summed E-state index contributed by atoms with van der Waals surface area (Å²) in [6.45, 7) is 1.77. The summed E-state index contributed by atoms with van der Waals surface area (Å²) < 4.78 is 18.9. The van der Waals surface area contributed by atoms with Crippen LogP contribution in [0, 0.1) is 0 Å². The largest absolute Gasteiger partial charge is 0.513 e. The van der Waals surface area contributed by atoms with Gasteiger partial charge in [0.2, 0.25) is 0 Å². The number of hydrogen-bond acceptors (Lipinski definition) is 7. The summed E-state index contributed by atoms with van der Waals surface area (Å²) in [6.07, 6.45) is -1.09. The smallest absolute Gasteiger partial charge is 0.466 e. The van der Waals surface area contributed by atoms with Crippen LogP contribution in [0.3, 0.4) is 0 Å². The van der Waals surface area contributed by atoms with Crippen LogP contribution in [0.5, 0.6) is 5.75 Å². The average molecular weight is 296 g/mol. The van der Waals surface area contributed by atoms with Crippen molar-refractivity contribution in [3.8, 4) is 5.75 Å². The van der Waals surface area contributed by atoms with Crippen molar-refractivity contribution in [2.45, 2.75) is 13.3 Å². The van der Waals surface area contributed by atoms with E-state index < -0.39 is 18.1 Å². The average Bonchev–Trinajstić information content (AvgIpc) is 2.47. The fourth-order valence-electron chi connectivity index (χ4n) is 1.40. The molecule has 0 aliphatic heterocycles. The van der Waals surface area contributed by atoms with E-state index in [1.54, 1.807) is 19.1 Å². The van der Waals surface area contributed by atoms with Crippen LogP contribution in [-0.2, 0) is 19.0 Å². The quantitative estimate of drug-likeness (QED) is 0.450. The third-order valence-electron chi connectivity index (χ3n) is 2.32. The second-order valence-corrected chi connectivity index (χ2v) is 3.74. The minimum Gasteiger partial charge on any atom is -0.466 e. The molecule has 0 aromatic heterocycles. The Hall–Kier alpha value is -2.57. The number of ether oxygens (including phenoxy) is 4. The first-order valence-corrected chi connectivity index (χ1v) is 6.26. The van der Waals surface area contributed by atoms with Crippen molar-refractivity contribution in [2.75, 3.05) is 20.3 Å². The molecule has 0 amide bonds. The molecule has 0 aliphatic carbocycles. The van der Waals surface area contributed by atoms with Gasteiger partial charge in [0.1, 0.15) is 17.9 Å². The maximum absolute atomic E-state index is 11.5. The first-order chi connectivity index (χ1) is 10.1. The lowest BCUT2D eigenvalue weighted by atomic mass is 10.2. The van der Waals surface area contributed by atoms with Crippen molar-refractivity contribution < 1.29 is 33.3 Å². The molecule has 0 saturated carbocycles. The van der Waals surface area contributed by atoms with Crippen LogP contribution >= 0.6 is 0 Å². The lowest BCUT2D eigenvalue weighted by Crippen LogP contribution is -2.16. The highest BCUT2D eigenvalue weighted by atomic mass is 16.7. The zero-order valence-corrected chi connectivity index (χ0v) is 11.8. The normalized spacial score (nSPS) is 9.62. The number of para-hydroxylation sites is 1. The second-order valence-electron chi connectivity index (χ2n) is 3.74. The van der Waals surface area contributed by atoms with Crippen molar-refractivity contribution in [1.29, 1.82) is 0 Å². The number of carbonyl (C=O) groups excluding carboxylic acids is 3. The van der Waals surface area contributed by atoms with E-state index in [0.717, 1.165) is 0 Å². The Balaban J connectivity index is 2.52. The number of esters is 2. The zero-order chi connectivity index (χ0) is 15.7. The molecule has 1 aromatic rings. The van der Waals surface area contributed by atoms with Crippen LogP contribution in [0.1, 0.15) is 23.7 Å². The van der Waals surface area contributed by atoms with Crippen LogP contribution in [-0.4, -0.2) is 38.4 Å². The Labute approximate surface area is 121 Å². The van der Waals surface area contributed by atoms with E-state index in [-0.39, 0.29) is 30.9 Å². The van der Waals surface area contributed by atoms with Crippen molar-refractivity contribution in [3.63, 3.8) is 0 Å². The molecule has 21 heavy (non-hydrogen) atoms. The summed E-state index contributed by atoms with van der Waals surface area (Å²) in [6, 6.07) is 6.07. The molecule has 7 nitrogen and oxygen atoms in total. The SMILES string of the molecule is CCOC(=O)CCOC(=O)Oc1ccccc1C(=O)OC. The van der Waals surface area contributed by atoms with Gasteiger partial charge in [-0.25, -0.2) is 9.59 Å². The molecule has 0 fully saturated rings. The van der Waals surface area contributed by atoms with E-state index in [0.29, 0.717) is 0 Å². The number of rotatable bonds is 6. The minimum atomic E-state index is -1.02. The first-order valence-electron chi connectivity index (χ1n) is 6.26. The van der Waals surface area contributed by atoms with E-state index in [2.05, 4.69) is 9.47 Å². The fourth-order valence-corrected chi connectivity index (χ4v) is 1.40. The van der Waals surface area contributed by atoms with E-state index >= 15 is 0 Å². The Kier molecular flexibility index (Phi) is 6.73. The van der Waals surface area contributed by atoms with Gasteiger partial charge in [0.15, 0.2) is 0 Å². The molecule has 0 N–H and O–H groups in total. The molecule has 0 radical (unpaired) electrons. The number of carbonyl (C=O) groups is 3. The van der Waals surface area contributed by atoms with Gasteiger partial charge < -0.3 is 18.9 Å². The molecular weight excluding hydrogens is 280 g/mol. The minimum absolute atomic E-state index is 0.0190. The number of methoxy groups -OCH3 is 1. The summed E-state index contributed by atoms with van der Waals surface area (Å²) in [5.41, 5.74) is 0.0994. The van der Waals surface area contributed by atoms with E-state index in [4.69, 9.17) is 9.47 Å². The molecule has 0 spiro atoms. The van der Waals surface area contributed by atoms with Crippen LogP contribution in [0.25, 0.3) is 0 Å². The number of hydrogen-bond donors (Lipinski definition) is 0. The van der Waals surface area contributed by atoms with Gasteiger partial charge in [0.25, 0.3) is 0 Å². The van der Waals surface area contributed by atoms with E-state index in [1.807, 2.05) is 0 Å². The molecule has 0 saturated heterocycles. The van der Waals surface area contributed by atoms with Gasteiger partial charge in [-0.1, -0.05) is 12.1 Å². The van der Waals surface area contributed by atoms with E-state index in [1.165, 1.54) is 19.2 Å². The maximum Gasteiger partial charge on any atom is 0.513 e. The topological polar surface area (TPSA) is 88.1 Å². The summed E-state index contributed by atoms with van der Waals surface area (Å²) in [5, 5.41) is 0. The van der Waals surface area contributed by atoms with Crippen LogP contribution < -0.4 is 4.74 Å². The Bertz CT molecular complexity index is 510. The van der Waals surface area contributed by atoms with Crippen molar-refractivity contribution >= 4 is 18.1 Å². The molecule has 0 unspecified atom stereocenters. The zero-order valence-electron chi connectivity index (χ0n) is 11.8. The highest BCUT2D eigenvalue weighted by Gasteiger charge is 2.16. The van der Waals surface area contributed by atoms with Crippen LogP contribution in [0.2, 0.25) is 0 Å². The first kappa shape index (κ1) is 16.5. The van der Waals surface area contributed by atoms with Crippen molar-refractivity contribution in [1.82, 2.24) is 0 Å². The van der Waals surface area contributed by atoms with Crippen LogP contribution in [0.15, 0.2) is 24.3 Å². The molecule has 0 heterocycles. The highest BCUT2D eigenvalue weighted by molar-refractivity contribution is 5.93. The van der Waals surface area contributed by atoms with Crippen molar-refractivity contribution in [3.05, 3.63) is 29.8 Å². The Morgan fingerprint density at radius 2 is 1.81 bits per heavy atom. The molecule has 1 rings (SSSR count). The van der Waals surface area contributed by atoms with Gasteiger partial charge in [0, 0.05) is 0 Å². The monoisotopic (exact) mass is 296 g/mol. The molecule has 0 atom stereocenters. The highest BCUT2D eigenvalue weighted by Crippen LogP contribution is 2.19. The summed E-state index contributed by atoms with van der Waals surface area (Å²) in [5.74, 6) is -1.09.